The van der Waals surface area contributed by atoms with E-state index in [0.717, 1.165) is 16.1 Å². The maximum atomic E-state index is 12.1. The Hall–Kier alpha value is -1.70. The lowest BCUT2D eigenvalue weighted by Gasteiger charge is -2.09. The zero-order valence-corrected chi connectivity index (χ0v) is 13.6. The van der Waals surface area contributed by atoms with Gasteiger partial charge in [-0.1, -0.05) is 18.2 Å². The Morgan fingerprint density at radius 1 is 1.23 bits per heavy atom. The smallest absolute Gasteiger partial charge is 0.250 e. The average Bonchev–Trinajstić information content (AvgIpc) is 3.04. The molecule has 0 aliphatic carbocycles. The number of amides is 1. The first-order chi connectivity index (χ1) is 10.5. The van der Waals surface area contributed by atoms with Crippen LogP contribution in [0.1, 0.15) is 22.8 Å². The Balaban J connectivity index is 1.65. The van der Waals surface area contributed by atoms with Gasteiger partial charge in [0.1, 0.15) is 4.21 Å². The fourth-order valence-electron chi connectivity index (χ4n) is 2.53. The minimum absolute atomic E-state index is 0.0765. The molecule has 7 heteroatoms. The van der Waals surface area contributed by atoms with E-state index >= 15 is 0 Å². The lowest BCUT2D eigenvalue weighted by molar-refractivity contribution is -0.117. The summed E-state index contributed by atoms with van der Waals surface area (Å²) < 4.78 is 27.2. The van der Waals surface area contributed by atoms with Gasteiger partial charge in [-0.25, -0.2) is 13.1 Å². The van der Waals surface area contributed by atoms with Crippen molar-refractivity contribution in [3.63, 3.8) is 0 Å². The molecule has 1 amide bonds. The van der Waals surface area contributed by atoms with E-state index < -0.39 is 10.0 Å². The van der Waals surface area contributed by atoms with Gasteiger partial charge in [0.15, 0.2) is 0 Å². The topological polar surface area (TPSA) is 75.3 Å². The van der Waals surface area contributed by atoms with Crippen LogP contribution in [0.25, 0.3) is 0 Å². The van der Waals surface area contributed by atoms with Gasteiger partial charge in [-0.05, 0) is 37.1 Å². The van der Waals surface area contributed by atoms with Crippen LogP contribution in [-0.2, 0) is 14.8 Å². The van der Waals surface area contributed by atoms with Gasteiger partial charge >= 0.3 is 0 Å². The molecule has 0 spiro atoms. The molecule has 1 aromatic heterocycles. The van der Waals surface area contributed by atoms with Gasteiger partial charge in [-0.15, -0.1) is 11.3 Å². The largest absolute Gasteiger partial charge is 0.325 e. The van der Waals surface area contributed by atoms with Crippen LogP contribution >= 0.6 is 11.3 Å². The van der Waals surface area contributed by atoms with Crippen molar-refractivity contribution in [2.75, 3.05) is 11.9 Å². The Bertz CT molecular complexity index is 812. The molecule has 5 nitrogen and oxygen atoms in total. The third kappa shape index (κ3) is 2.92. The minimum Gasteiger partial charge on any atom is -0.325 e. The molecule has 1 atom stereocenters. The number of thiophene rings is 1. The lowest BCUT2D eigenvalue weighted by atomic mass is 9.97. The van der Waals surface area contributed by atoms with Crippen molar-refractivity contribution in [2.24, 2.45) is 0 Å². The molecule has 1 aliphatic rings. The number of sulfonamides is 1. The summed E-state index contributed by atoms with van der Waals surface area (Å²) >= 11 is 1.24. The second kappa shape index (κ2) is 5.83. The monoisotopic (exact) mass is 336 g/mol. The van der Waals surface area contributed by atoms with E-state index in [1.807, 2.05) is 31.2 Å². The number of carbonyl (C=O) groups is 1. The summed E-state index contributed by atoms with van der Waals surface area (Å²) in [5.74, 6) is -0.378. The highest BCUT2D eigenvalue weighted by Crippen LogP contribution is 2.34. The summed E-state index contributed by atoms with van der Waals surface area (Å²) in [4.78, 5) is 12.9. The molecule has 0 radical (unpaired) electrons. The standard InChI is InChI=1S/C15H16N2O3S2/c1-10-6-7-14(21-10)22(19,20)16-9-8-12-11-4-2-3-5-13(11)17-15(12)18/h2-7,12,16H,8-9H2,1H3,(H,17,18). The van der Waals surface area contributed by atoms with Gasteiger partial charge in [-0.2, -0.15) is 0 Å². The Morgan fingerprint density at radius 2 is 2.00 bits per heavy atom. The number of hydrogen-bond donors (Lipinski definition) is 2. The molecule has 1 aromatic carbocycles. The van der Waals surface area contributed by atoms with Gasteiger partial charge in [0.25, 0.3) is 0 Å². The van der Waals surface area contributed by atoms with Crippen molar-refractivity contribution in [3.05, 3.63) is 46.8 Å². The van der Waals surface area contributed by atoms with E-state index in [1.54, 1.807) is 12.1 Å². The molecule has 2 aromatic rings. The third-order valence-electron chi connectivity index (χ3n) is 3.62. The van der Waals surface area contributed by atoms with E-state index in [0.29, 0.717) is 10.6 Å². The fourth-order valence-corrected chi connectivity index (χ4v) is 4.90. The molecule has 0 fully saturated rings. The second-order valence-corrected chi connectivity index (χ2v) is 8.46. The van der Waals surface area contributed by atoms with Gasteiger partial charge in [-0.3, -0.25) is 4.79 Å². The SMILES string of the molecule is Cc1ccc(S(=O)(=O)NCCC2C(=O)Nc3ccccc32)s1. The Morgan fingerprint density at radius 3 is 2.73 bits per heavy atom. The molecule has 0 bridgehead atoms. The maximum Gasteiger partial charge on any atom is 0.250 e. The van der Waals surface area contributed by atoms with Crippen molar-refractivity contribution < 1.29 is 13.2 Å². The number of nitrogens with one attached hydrogen (secondary N) is 2. The second-order valence-electron chi connectivity index (χ2n) is 5.18. The summed E-state index contributed by atoms with van der Waals surface area (Å²) in [6.45, 7) is 2.09. The van der Waals surface area contributed by atoms with Gasteiger partial charge in [0.2, 0.25) is 15.9 Å². The average molecular weight is 336 g/mol. The summed E-state index contributed by atoms with van der Waals surface area (Å²) in [6.07, 6.45) is 0.437. The predicted molar refractivity (Wildman–Crippen MR) is 86.7 cm³/mol. The number of aryl methyl sites for hydroxylation is 1. The number of para-hydroxylation sites is 1. The number of anilines is 1. The zero-order valence-electron chi connectivity index (χ0n) is 12.0. The molecule has 116 valence electrons. The van der Waals surface area contributed by atoms with E-state index in [1.165, 1.54) is 11.3 Å². The first-order valence-electron chi connectivity index (χ1n) is 6.93. The predicted octanol–water partition coefficient (Wildman–Crippen LogP) is 2.46. The normalized spacial score (nSPS) is 17.3. The minimum atomic E-state index is -3.49. The zero-order chi connectivity index (χ0) is 15.7. The van der Waals surface area contributed by atoms with Crippen molar-refractivity contribution in [3.8, 4) is 0 Å². The molecule has 0 saturated carbocycles. The molecular weight excluding hydrogens is 320 g/mol. The fraction of sp³-hybridized carbons (Fsp3) is 0.267. The number of rotatable bonds is 5. The highest BCUT2D eigenvalue weighted by molar-refractivity contribution is 7.91. The van der Waals surface area contributed by atoms with Crippen LogP contribution in [-0.4, -0.2) is 20.9 Å². The van der Waals surface area contributed by atoms with Gasteiger partial charge in [0, 0.05) is 17.1 Å². The first-order valence-corrected chi connectivity index (χ1v) is 9.23. The maximum absolute atomic E-state index is 12.1. The van der Waals surface area contributed by atoms with Gasteiger partial charge < -0.3 is 5.32 Å². The van der Waals surface area contributed by atoms with E-state index in [-0.39, 0.29) is 18.4 Å². The van der Waals surface area contributed by atoms with Crippen molar-refractivity contribution in [1.82, 2.24) is 4.72 Å². The summed E-state index contributed by atoms with van der Waals surface area (Å²) in [5, 5.41) is 2.82. The van der Waals surface area contributed by atoms with Crippen molar-refractivity contribution in [1.29, 1.82) is 0 Å². The molecule has 3 rings (SSSR count). The highest BCUT2D eigenvalue weighted by Gasteiger charge is 2.30. The quantitative estimate of drug-likeness (QED) is 0.881. The molecular formula is C15H16N2O3S2. The van der Waals surface area contributed by atoms with Crippen LogP contribution in [0.3, 0.4) is 0 Å². The van der Waals surface area contributed by atoms with Crippen LogP contribution in [0.5, 0.6) is 0 Å². The number of carbonyl (C=O) groups excluding carboxylic acids is 1. The van der Waals surface area contributed by atoms with E-state index in [2.05, 4.69) is 10.0 Å². The molecule has 1 aliphatic heterocycles. The lowest BCUT2D eigenvalue weighted by Crippen LogP contribution is -2.26. The molecule has 2 N–H and O–H groups in total. The van der Waals surface area contributed by atoms with Gasteiger partial charge in [0.05, 0.1) is 5.92 Å². The molecule has 22 heavy (non-hydrogen) atoms. The van der Waals surface area contributed by atoms with E-state index in [9.17, 15) is 13.2 Å². The molecule has 2 heterocycles. The Kier molecular flexibility index (Phi) is 4.03. The van der Waals surface area contributed by atoms with Crippen LogP contribution in [0.15, 0.2) is 40.6 Å². The van der Waals surface area contributed by atoms with Crippen molar-refractivity contribution >= 4 is 33.0 Å². The number of benzene rings is 1. The van der Waals surface area contributed by atoms with Crippen LogP contribution in [0.4, 0.5) is 5.69 Å². The Labute approximate surface area is 133 Å². The van der Waals surface area contributed by atoms with Crippen LogP contribution in [0.2, 0.25) is 0 Å². The van der Waals surface area contributed by atoms with Crippen molar-refractivity contribution in [2.45, 2.75) is 23.5 Å². The summed E-state index contributed by atoms with van der Waals surface area (Å²) in [6, 6.07) is 10.9. The number of fused-ring (bicyclic) bond motifs is 1. The third-order valence-corrected chi connectivity index (χ3v) is 6.57. The van der Waals surface area contributed by atoms with E-state index in [4.69, 9.17) is 0 Å². The summed E-state index contributed by atoms with van der Waals surface area (Å²) in [5.41, 5.74) is 1.74. The highest BCUT2D eigenvalue weighted by atomic mass is 32.2. The first kappa shape index (κ1) is 15.2. The summed E-state index contributed by atoms with van der Waals surface area (Å²) in [7, 11) is -3.49. The van der Waals surface area contributed by atoms with Crippen LogP contribution < -0.4 is 10.0 Å². The molecule has 0 saturated heterocycles. The van der Waals surface area contributed by atoms with Crippen LogP contribution in [0, 0.1) is 6.92 Å². The molecule has 1 unspecified atom stereocenters. The number of hydrogen-bond acceptors (Lipinski definition) is 4.